The SMILES string of the molecule is CC(C)(C)N1C(=O)C2C(c3ccc(Br)cc3)N3C(=O)N(c4cccc(F)c4)C(=O)[C@@]3(C)C2C1=O. The molecule has 3 aliphatic heterocycles. The third-order valence-corrected chi connectivity index (χ3v) is 7.59. The summed E-state index contributed by atoms with van der Waals surface area (Å²) < 4.78 is 14.8. The molecule has 176 valence electrons. The minimum atomic E-state index is -1.60. The highest BCUT2D eigenvalue weighted by atomic mass is 79.9. The number of nitrogens with zero attached hydrogens (tertiary/aromatic N) is 3. The molecule has 5 amide bonds. The van der Waals surface area contributed by atoms with Crippen LogP contribution in [-0.4, -0.2) is 44.6 Å². The molecule has 9 heteroatoms. The number of urea groups is 1. The van der Waals surface area contributed by atoms with Crippen molar-refractivity contribution in [3.8, 4) is 0 Å². The van der Waals surface area contributed by atoms with E-state index in [-0.39, 0.29) is 5.69 Å². The van der Waals surface area contributed by atoms with Crippen LogP contribution >= 0.6 is 15.9 Å². The Kier molecular flexibility index (Phi) is 4.82. The third-order valence-electron chi connectivity index (χ3n) is 7.06. The molecule has 3 fully saturated rings. The van der Waals surface area contributed by atoms with Gasteiger partial charge in [0.15, 0.2) is 0 Å². The lowest BCUT2D eigenvalue weighted by molar-refractivity contribution is -0.148. The van der Waals surface area contributed by atoms with E-state index >= 15 is 0 Å². The molecule has 0 aromatic heterocycles. The molecule has 0 bridgehead atoms. The number of carbonyl (C=O) groups excluding carboxylic acids is 4. The van der Waals surface area contributed by atoms with E-state index < -0.39 is 58.5 Å². The largest absolute Gasteiger partial charge is 0.332 e. The molecule has 34 heavy (non-hydrogen) atoms. The van der Waals surface area contributed by atoms with Crippen LogP contribution in [0.1, 0.15) is 39.3 Å². The van der Waals surface area contributed by atoms with E-state index in [9.17, 15) is 23.6 Å². The Hall–Kier alpha value is -3.07. The molecule has 0 spiro atoms. The second-order valence-corrected chi connectivity index (χ2v) is 11.0. The Balaban J connectivity index is 1.72. The number of hydrogen-bond acceptors (Lipinski definition) is 4. The third kappa shape index (κ3) is 2.85. The van der Waals surface area contributed by atoms with Crippen molar-refractivity contribution in [1.29, 1.82) is 0 Å². The quantitative estimate of drug-likeness (QED) is 0.431. The van der Waals surface area contributed by atoms with Gasteiger partial charge < -0.3 is 4.90 Å². The van der Waals surface area contributed by atoms with Crippen molar-refractivity contribution >= 4 is 45.4 Å². The van der Waals surface area contributed by atoms with Crippen molar-refractivity contribution in [2.45, 2.75) is 44.8 Å². The van der Waals surface area contributed by atoms with E-state index in [0.29, 0.717) is 5.56 Å². The summed E-state index contributed by atoms with van der Waals surface area (Å²) in [5.41, 5.74) is -1.67. The number of hydrogen-bond donors (Lipinski definition) is 0. The summed E-state index contributed by atoms with van der Waals surface area (Å²) in [7, 11) is 0. The Labute approximate surface area is 204 Å². The molecule has 2 aromatic carbocycles. The van der Waals surface area contributed by atoms with Gasteiger partial charge in [-0.1, -0.05) is 34.1 Å². The second-order valence-electron chi connectivity index (χ2n) is 10.1. The van der Waals surface area contributed by atoms with Crippen molar-refractivity contribution in [1.82, 2.24) is 9.80 Å². The summed E-state index contributed by atoms with van der Waals surface area (Å²) in [6, 6.07) is 10.8. The van der Waals surface area contributed by atoms with Gasteiger partial charge in [-0.2, -0.15) is 0 Å². The van der Waals surface area contributed by atoms with E-state index in [0.717, 1.165) is 15.4 Å². The van der Waals surface area contributed by atoms with Gasteiger partial charge in [0.25, 0.3) is 5.91 Å². The maximum absolute atomic E-state index is 14.0. The monoisotopic (exact) mass is 527 g/mol. The number of anilines is 1. The van der Waals surface area contributed by atoms with Crippen molar-refractivity contribution in [2.75, 3.05) is 4.90 Å². The Morgan fingerprint density at radius 1 is 0.971 bits per heavy atom. The molecule has 3 heterocycles. The van der Waals surface area contributed by atoms with Crippen molar-refractivity contribution in [3.05, 3.63) is 64.4 Å². The predicted molar refractivity (Wildman–Crippen MR) is 125 cm³/mol. The maximum Gasteiger partial charge on any atom is 0.332 e. The molecule has 2 aromatic rings. The van der Waals surface area contributed by atoms with Crippen LogP contribution in [-0.2, 0) is 14.4 Å². The molecule has 0 saturated carbocycles. The fourth-order valence-corrected chi connectivity index (χ4v) is 5.96. The molecule has 5 rings (SSSR count). The molecule has 0 radical (unpaired) electrons. The standard InChI is InChI=1S/C25H23BrFN3O4/c1-24(2,3)30-20(31)17-18(21(30)32)25(4)22(33)28(16-7-5-6-15(27)12-16)23(34)29(25)19(17)13-8-10-14(26)11-9-13/h5-12,17-19H,1-4H3/t17?,18?,19?,25-/m1/s1. The number of carbonyl (C=O) groups is 4. The first-order valence-electron chi connectivity index (χ1n) is 11.0. The van der Waals surface area contributed by atoms with Crippen molar-refractivity contribution < 1.29 is 23.6 Å². The second kappa shape index (κ2) is 7.21. The average Bonchev–Trinajstić information content (AvgIpc) is 3.25. The van der Waals surface area contributed by atoms with Crippen LogP contribution in [0.3, 0.4) is 0 Å². The number of imide groups is 2. The van der Waals surface area contributed by atoms with Gasteiger partial charge in [-0.05, 0) is 63.6 Å². The topological polar surface area (TPSA) is 78.0 Å². The fraction of sp³-hybridized carbons (Fsp3) is 0.360. The number of amides is 5. The van der Waals surface area contributed by atoms with Gasteiger partial charge in [0.2, 0.25) is 11.8 Å². The highest BCUT2D eigenvalue weighted by Crippen LogP contribution is 2.59. The Morgan fingerprint density at radius 3 is 2.21 bits per heavy atom. The van der Waals surface area contributed by atoms with Crippen LogP contribution < -0.4 is 4.90 Å². The summed E-state index contributed by atoms with van der Waals surface area (Å²) in [5, 5.41) is 0. The van der Waals surface area contributed by atoms with E-state index in [1.807, 2.05) is 0 Å². The summed E-state index contributed by atoms with van der Waals surface area (Å²) in [5.74, 6) is -4.07. The van der Waals surface area contributed by atoms with E-state index in [4.69, 9.17) is 0 Å². The van der Waals surface area contributed by atoms with Crippen molar-refractivity contribution in [2.24, 2.45) is 11.8 Å². The molecule has 3 unspecified atom stereocenters. The fourth-order valence-electron chi connectivity index (χ4n) is 5.69. The minimum absolute atomic E-state index is 0.0844. The Bertz CT molecular complexity index is 1260. The lowest BCUT2D eigenvalue weighted by Crippen LogP contribution is -2.54. The zero-order valence-electron chi connectivity index (χ0n) is 19.1. The zero-order valence-corrected chi connectivity index (χ0v) is 20.7. The predicted octanol–water partition coefficient (Wildman–Crippen LogP) is 4.27. The first kappa shape index (κ1) is 22.7. The molecule has 0 N–H and O–H groups in total. The number of halogens is 2. The van der Waals surface area contributed by atoms with E-state index in [2.05, 4.69) is 15.9 Å². The van der Waals surface area contributed by atoms with Crippen LogP contribution in [0.2, 0.25) is 0 Å². The molecule has 3 saturated heterocycles. The van der Waals surface area contributed by atoms with Crippen LogP contribution in [0.5, 0.6) is 0 Å². The molecule has 4 atom stereocenters. The van der Waals surface area contributed by atoms with Gasteiger partial charge in [-0.15, -0.1) is 0 Å². The smallest absolute Gasteiger partial charge is 0.301 e. The zero-order chi connectivity index (χ0) is 24.7. The summed E-state index contributed by atoms with van der Waals surface area (Å²) in [4.78, 5) is 58.5. The number of likely N-dealkylation sites (tertiary alicyclic amines) is 1. The average molecular weight is 528 g/mol. The normalized spacial score (nSPS) is 28.8. The van der Waals surface area contributed by atoms with E-state index in [1.54, 1.807) is 52.0 Å². The van der Waals surface area contributed by atoms with Gasteiger partial charge in [-0.25, -0.2) is 14.1 Å². The maximum atomic E-state index is 14.0. The van der Waals surface area contributed by atoms with Gasteiger partial charge >= 0.3 is 6.03 Å². The Morgan fingerprint density at radius 2 is 1.62 bits per heavy atom. The number of rotatable bonds is 2. The van der Waals surface area contributed by atoms with Crippen LogP contribution in [0.4, 0.5) is 14.9 Å². The summed E-state index contributed by atoms with van der Waals surface area (Å²) >= 11 is 3.40. The van der Waals surface area contributed by atoms with Gasteiger partial charge in [0.05, 0.1) is 23.6 Å². The van der Waals surface area contributed by atoms with Crippen LogP contribution in [0, 0.1) is 17.7 Å². The van der Waals surface area contributed by atoms with Crippen LogP contribution in [0.15, 0.2) is 53.0 Å². The molecular weight excluding hydrogens is 505 g/mol. The summed E-state index contributed by atoms with van der Waals surface area (Å²) in [6.07, 6.45) is 0. The molecular formula is C25H23BrFN3O4. The highest BCUT2D eigenvalue weighted by molar-refractivity contribution is 9.10. The lowest BCUT2D eigenvalue weighted by atomic mass is 9.80. The first-order valence-corrected chi connectivity index (χ1v) is 11.7. The minimum Gasteiger partial charge on any atom is -0.301 e. The number of fused-ring (bicyclic) bond motifs is 3. The summed E-state index contributed by atoms with van der Waals surface area (Å²) in [6.45, 7) is 6.83. The van der Waals surface area contributed by atoms with E-state index in [1.165, 1.54) is 28.0 Å². The van der Waals surface area contributed by atoms with Gasteiger partial charge in [-0.3, -0.25) is 19.3 Å². The highest BCUT2D eigenvalue weighted by Gasteiger charge is 2.76. The molecule has 0 aliphatic carbocycles. The first-order chi connectivity index (χ1) is 15.9. The lowest BCUT2D eigenvalue weighted by Gasteiger charge is -2.36. The van der Waals surface area contributed by atoms with Crippen LogP contribution in [0.25, 0.3) is 0 Å². The molecule has 3 aliphatic rings. The number of benzene rings is 2. The van der Waals surface area contributed by atoms with Gasteiger partial charge in [0.1, 0.15) is 11.4 Å². The van der Waals surface area contributed by atoms with Gasteiger partial charge in [0, 0.05) is 10.0 Å². The molecule has 7 nitrogen and oxygen atoms in total. The van der Waals surface area contributed by atoms with Crippen molar-refractivity contribution in [3.63, 3.8) is 0 Å².